The van der Waals surface area contributed by atoms with Crippen LogP contribution in [-0.4, -0.2) is 129 Å². The molecule has 3 aliphatic heterocycles. The summed E-state index contributed by atoms with van der Waals surface area (Å²) in [4.78, 5) is 27.3. The lowest BCUT2D eigenvalue weighted by Gasteiger charge is -2.43. The number of carbonyl (C=O) groups is 2. The molecule has 3 heterocycles. The minimum Gasteiger partial charge on any atom is -0.463 e. The highest BCUT2D eigenvalue weighted by Gasteiger charge is 2.49. The highest BCUT2D eigenvalue weighted by Crippen LogP contribution is 2.31. The van der Waals surface area contributed by atoms with Crippen LogP contribution in [0.15, 0.2) is 0 Å². The lowest BCUT2D eigenvalue weighted by Crippen LogP contribution is -2.61. The van der Waals surface area contributed by atoms with E-state index in [-0.39, 0.29) is 0 Å². The number of hydrogen-bond donors (Lipinski definition) is 6. The van der Waals surface area contributed by atoms with Gasteiger partial charge in [-0.15, -0.1) is 0 Å². The molecule has 0 radical (unpaired) electrons. The first-order valence-electron chi connectivity index (χ1n) is 25.2. The third-order valence-electron chi connectivity index (χ3n) is 13.4. The van der Waals surface area contributed by atoms with E-state index in [4.69, 9.17) is 28.4 Å². The van der Waals surface area contributed by atoms with Gasteiger partial charge in [-0.1, -0.05) is 163 Å². The van der Waals surface area contributed by atoms with E-state index in [0.717, 1.165) is 63.2 Å². The maximum absolute atomic E-state index is 13.6. The zero-order chi connectivity index (χ0) is 46.3. The van der Waals surface area contributed by atoms with Crippen LogP contribution in [0.5, 0.6) is 0 Å². The maximum Gasteiger partial charge on any atom is 0.311 e. The lowest BCUT2D eigenvalue weighted by atomic mass is 9.95. The Balaban J connectivity index is 1.66. The van der Waals surface area contributed by atoms with E-state index in [9.17, 15) is 40.2 Å². The van der Waals surface area contributed by atoms with Gasteiger partial charge in [-0.05, 0) is 38.5 Å². The molecule has 14 atom stereocenters. The first kappa shape index (κ1) is 55.9. The number of unbranched alkanes of at least 4 members (excludes halogenated alkanes) is 17. The topological polar surface area (TPSA) is 211 Å². The standard InChI is InChI=1S/C49H90O14/c1-32(2)26-22-18-14-10-7-8-12-16-20-24-28-36-34(5)46(56)58-30-39-41(51)43(53)45(55)49(63-39)61-37(29-25-21-17-13-9-11-15-19-23-27-33(3)4)35(6)47(57)59-31-38-40(50)42(52)44(54)48(60-36)62-38/h32-45,48-55H,7-31H2,1-6H3/t34?,35?,36?,37?,38-,39-,40-,41-,42+,43+,44-,45-,48-,49-/m1/s1. The largest absolute Gasteiger partial charge is 0.463 e. The van der Waals surface area contributed by atoms with Crippen molar-refractivity contribution in [3.05, 3.63) is 0 Å². The zero-order valence-electron chi connectivity index (χ0n) is 39.9. The summed E-state index contributed by atoms with van der Waals surface area (Å²) in [5, 5.41) is 65.5. The lowest BCUT2D eigenvalue weighted by molar-refractivity contribution is -0.320. The van der Waals surface area contributed by atoms with Crippen LogP contribution in [0.3, 0.4) is 0 Å². The summed E-state index contributed by atoms with van der Waals surface area (Å²) < 4.78 is 35.7. The van der Waals surface area contributed by atoms with E-state index in [1.54, 1.807) is 13.8 Å². The Labute approximate surface area is 379 Å². The Kier molecular flexibility index (Phi) is 27.3. The van der Waals surface area contributed by atoms with Crippen LogP contribution in [-0.2, 0) is 38.0 Å². The number of ether oxygens (including phenoxy) is 6. The number of aliphatic hydroxyl groups is 6. The molecular weight excluding hydrogens is 813 g/mol. The molecule has 4 bridgehead atoms. The van der Waals surface area contributed by atoms with Gasteiger partial charge in [-0.3, -0.25) is 9.59 Å². The van der Waals surface area contributed by atoms with Crippen molar-refractivity contribution in [2.45, 2.75) is 263 Å². The van der Waals surface area contributed by atoms with Crippen LogP contribution in [0.25, 0.3) is 0 Å². The monoisotopic (exact) mass is 903 g/mol. The second kappa shape index (κ2) is 30.8. The Morgan fingerprint density at radius 1 is 0.413 bits per heavy atom. The van der Waals surface area contributed by atoms with Gasteiger partial charge in [0.25, 0.3) is 0 Å². The molecule has 0 amide bonds. The second-order valence-corrected chi connectivity index (χ2v) is 19.9. The molecule has 0 saturated carbocycles. The average Bonchev–Trinajstić information content (AvgIpc) is 3.25. The molecule has 0 spiro atoms. The van der Waals surface area contributed by atoms with E-state index in [1.807, 2.05) is 0 Å². The number of hydrogen-bond acceptors (Lipinski definition) is 14. The van der Waals surface area contributed by atoms with Crippen LogP contribution in [0.4, 0.5) is 0 Å². The maximum atomic E-state index is 13.6. The second-order valence-electron chi connectivity index (χ2n) is 19.9. The minimum atomic E-state index is -1.69. The van der Waals surface area contributed by atoms with Gasteiger partial charge in [0.15, 0.2) is 12.6 Å². The highest BCUT2D eigenvalue weighted by atomic mass is 16.7. The smallest absolute Gasteiger partial charge is 0.311 e. The van der Waals surface area contributed by atoms with Crippen molar-refractivity contribution in [1.82, 2.24) is 0 Å². The number of carbonyl (C=O) groups excluding carboxylic acids is 2. The molecule has 3 saturated heterocycles. The molecule has 4 unspecified atom stereocenters. The van der Waals surface area contributed by atoms with Crippen LogP contribution >= 0.6 is 0 Å². The van der Waals surface area contributed by atoms with E-state index in [1.165, 1.54) is 70.6 Å². The SMILES string of the molecule is CC(C)CCCCCCCCCCCCC1O[C@@H]2O[C@H](COC(=O)C(C)C(CCCCCCCCCCCC(C)C)O[C@@H]3O[C@H](COC(=O)C1C)[C@@H](O)[C@H](O)[C@H]3O)[C@@H](O)[C@H](O)[C@H]2O. The van der Waals surface area contributed by atoms with Gasteiger partial charge in [-0.25, -0.2) is 0 Å². The van der Waals surface area contributed by atoms with Gasteiger partial charge in [0, 0.05) is 0 Å². The Morgan fingerprint density at radius 2 is 0.698 bits per heavy atom. The van der Waals surface area contributed by atoms with Gasteiger partial charge >= 0.3 is 11.9 Å². The molecule has 14 nitrogen and oxygen atoms in total. The minimum absolute atomic E-state index is 0.386. The van der Waals surface area contributed by atoms with Crippen LogP contribution < -0.4 is 0 Å². The van der Waals surface area contributed by atoms with Crippen molar-refractivity contribution in [3.8, 4) is 0 Å². The van der Waals surface area contributed by atoms with Crippen molar-refractivity contribution < 1.29 is 68.6 Å². The van der Waals surface area contributed by atoms with Crippen molar-refractivity contribution in [3.63, 3.8) is 0 Å². The van der Waals surface area contributed by atoms with Gasteiger partial charge in [0.1, 0.15) is 62.0 Å². The summed E-state index contributed by atoms with van der Waals surface area (Å²) in [5.74, 6) is -1.73. The van der Waals surface area contributed by atoms with E-state index < -0.39 is 111 Å². The van der Waals surface area contributed by atoms with Crippen LogP contribution in [0, 0.1) is 23.7 Å². The number of aliphatic hydroxyl groups excluding tert-OH is 6. The Morgan fingerprint density at radius 3 is 1.00 bits per heavy atom. The van der Waals surface area contributed by atoms with Crippen molar-refractivity contribution in [1.29, 1.82) is 0 Å². The molecule has 370 valence electrons. The number of rotatable bonds is 25. The molecule has 3 aliphatic rings. The molecular formula is C49H90O14. The number of fused-ring (bicyclic) bond motifs is 4. The summed E-state index contributed by atoms with van der Waals surface area (Å²) in [6, 6.07) is 0. The molecule has 0 aromatic carbocycles. The number of cyclic esters (lactones) is 2. The average molecular weight is 903 g/mol. The zero-order valence-corrected chi connectivity index (χ0v) is 39.9. The van der Waals surface area contributed by atoms with E-state index >= 15 is 0 Å². The van der Waals surface area contributed by atoms with Crippen molar-refractivity contribution in [2.24, 2.45) is 23.7 Å². The fraction of sp³-hybridized carbons (Fsp3) is 0.959. The summed E-state index contributed by atoms with van der Waals surface area (Å²) in [7, 11) is 0. The van der Waals surface area contributed by atoms with Crippen LogP contribution in [0.2, 0.25) is 0 Å². The molecule has 63 heavy (non-hydrogen) atoms. The van der Waals surface area contributed by atoms with Gasteiger partial charge in [0.05, 0.1) is 24.0 Å². The molecule has 0 aromatic rings. The van der Waals surface area contributed by atoms with Crippen LogP contribution in [0.1, 0.15) is 189 Å². The van der Waals surface area contributed by atoms with Crippen molar-refractivity contribution in [2.75, 3.05) is 13.2 Å². The first-order chi connectivity index (χ1) is 30.1. The summed E-state index contributed by atoms with van der Waals surface area (Å²) in [6.45, 7) is 11.3. The molecule has 6 N–H and O–H groups in total. The third-order valence-corrected chi connectivity index (χ3v) is 13.4. The van der Waals surface area contributed by atoms with Gasteiger partial charge < -0.3 is 59.1 Å². The first-order valence-corrected chi connectivity index (χ1v) is 25.2. The summed E-state index contributed by atoms with van der Waals surface area (Å²) in [5.41, 5.74) is 0. The normalized spacial score (nSPS) is 33.8. The Hall–Kier alpha value is -1.46. The van der Waals surface area contributed by atoms with E-state index in [2.05, 4.69) is 27.7 Å². The molecule has 0 aliphatic carbocycles. The Bertz CT molecular complexity index is 1220. The molecule has 3 rings (SSSR count). The molecule has 3 fully saturated rings. The van der Waals surface area contributed by atoms with Crippen molar-refractivity contribution >= 4 is 11.9 Å². The quantitative estimate of drug-likeness (QED) is 0.0402. The fourth-order valence-corrected chi connectivity index (χ4v) is 8.89. The molecule has 0 aromatic heterocycles. The van der Waals surface area contributed by atoms with Gasteiger partial charge in [0.2, 0.25) is 0 Å². The van der Waals surface area contributed by atoms with E-state index in [0.29, 0.717) is 25.7 Å². The number of esters is 2. The predicted molar refractivity (Wildman–Crippen MR) is 239 cm³/mol. The fourth-order valence-electron chi connectivity index (χ4n) is 8.89. The van der Waals surface area contributed by atoms with Gasteiger partial charge in [-0.2, -0.15) is 0 Å². The highest BCUT2D eigenvalue weighted by molar-refractivity contribution is 5.73. The third kappa shape index (κ3) is 20.1. The predicted octanol–water partition coefficient (Wildman–Crippen LogP) is 7.03. The summed E-state index contributed by atoms with van der Waals surface area (Å²) in [6.07, 6.45) is 7.13. The molecule has 14 heteroatoms. The summed E-state index contributed by atoms with van der Waals surface area (Å²) >= 11 is 0.